The zero-order valence-corrected chi connectivity index (χ0v) is 9.45. The van der Waals surface area contributed by atoms with E-state index in [1.807, 2.05) is 18.7 Å². The van der Waals surface area contributed by atoms with E-state index >= 15 is 0 Å². The normalized spacial score (nSPS) is 17.1. The molecule has 0 amide bonds. The molecule has 84 valence electrons. The Kier molecular flexibility index (Phi) is 2.93. The number of hydrogen-bond acceptors (Lipinski definition) is 4. The van der Waals surface area contributed by atoms with E-state index in [-0.39, 0.29) is 0 Å². The zero-order chi connectivity index (χ0) is 10.8. The summed E-state index contributed by atoms with van der Waals surface area (Å²) in [7, 11) is 1.99. The zero-order valence-electron chi connectivity index (χ0n) is 9.45. The number of rotatable bonds is 2. The van der Waals surface area contributed by atoms with Gasteiger partial charge in [-0.25, -0.2) is 0 Å². The van der Waals surface area contributed by atoms with Gasteiger partial charge in [0.15, 0.2) is 0 Å². The molecule has 1 aromatic rings. The van der Waals surface area contributed by atoms with Crippen molar-refractivity contribution in [2.75, 3.05) is 31.1 Å². The summed E-state index contributed by atoms with van der Waals surface area (Å²) in [6.45, 7) is 6.73. The first-order valence-electron chi connectivity index (χ1n) is 5.42. The number of aryl methyl sites for hydroxylation is 2. The molecule has 0 unspecified atom stereocenters. The predicted molar refractivity (Wildman–Crippen MR) is 60.9 cm³/mol. The molecule has 1 fully saturated rings. The number of nitrogens with two attached hydrogens (primary N) is 1. The van der Waals surface area contributed by atoms with Gasteiger partial charge in [-0.15, -0.1) is 0 Å². The van der Waals surface area contributed by atoms with Gasteiger partial charge in [-0.3, -0.25) is 4.68 Å². The smallest absolute Gasteiger partial charge is 0.131 e. The molecule has 1 aliphatic heterocycles. The van der Waals surface area contributed by atoms with Crippen LogP contribution in [0.3, 0.4) is 0 Å². The summed E-state index contributed by atoms with van der Waals surface area (Å²) >= 11 is 0. The Bertz CT molecular complexity index is 338. The van der Waals surface area contributed by atoms with Crippen LogP contribution in [0.2, 0.25) is 0 Å². The molecule has 0 saturated carbocycles. The van der Waals surface area contributed by atoms with Crippen LogP contribution in [-0.2, 0) is 13.6 Å². The number of aromatic nitrogens is 2. The van der Waals surface area contributed by atoms with Crippen molar-refractivity contribution >= 4 is 5.82 Å². The maximum absolute atomic E-state index is 5.78. The lowest BCUT2D eigenvalue weighted by Gasteiger charge is -2.30. The highest BCUT2D eigenvalue weighted by Crippen LogP contribution is 2.22. The minimum Gasteiger partial charge on any atom is -0.354 e. The average Bonchev–Trinajstić information content (AvgIpc) is 2.54. The first-order chi connectivity index (χ1) is 7.24. The van der Waals surface area contributed by atoms with E-state index in [2.05, 4.69) is 15.3 Å². The molecular formula is C10H19N5. The molecule has 0 aliphatic carbocycles. The molecule has 0 aromatic carbocycles. The van der Waals surface area contributed by atoms with Crippen LogP contribution < -0.4 is 16.0 Å². The van der Waals surface area contributed by atoms with Crippen LogP contribution in [0.25, 0.3) is 0 Å². The van der Waals surface area contributed by atoms with Gasteiger partial charge in [-0.2, -0.15) is 5.10 Å². The highest BCUT2D eigenvalue weighted by Gasteiger charge is 2.19. The Morgan fingerprint density at radius 2 is 2.07 bits per heavy atom. The minimum atomic E-state index is 0.568. The van der Waals surface area contributed by atoms with Crippen molar-refractivity contribution < 1.29 is 0 Å². The van der Waals surface area contributed by atoms with Gasteiger partial charge < -0.3 is 16.0 Å². The molecule has 0 radical (unpaired) electrons. The fraction of sp³-hybridized carbons (Fsp3) is 0.700. The first kappa shape index (κ1) is 10.4. The summed E-state index contributed by atoms with van der Waals surface area (Å²) < 4.78 is 1.95. The van der Waals surface area contributed by atoms with Crippen LogP contribution >= 0.6 is 0 Å². The lowest BCUT2D eigenvalue weighted by molar-refractivity contribution is 0.571. The molecule has 0 spiro atoms. The van der Waals surface area contributed by atoms with Crippen LogP contribution in [0, 0.1) is 6.92 Å². The van der Waals surface area contributed by atoms with Crippen LogP contribution in [0.1, 0.15) is 11.3 Å². The van der Waals surface area contributed by atoms with Gasteiger partial charge in [-0.1, -0.05) is 0 Å². The molecule has 5 nitrogen and oxygen atoms in total. The van der Waals surface area contributed by atoms with Gasteiger partial charge >= 0.3 is 0 Å². The van der Waals surface area contributed by atoms with E-state index in [4.69, 9.17) is 5.73 Å². The average molecular weight is 209 g/mol. The molecule has 1 aliphatic rings. The summed E-state index contributed by atoms with van der Waals surface area (Å²) in [6, 6.07) is 0. The summed E-state index contributed by atoms with van der Waals surface area (Å²) in [5.41, 5.74) is 8.01. The quantitative estimate of drug-likeness (QED) is 0.695. The van der Waals surface area contributed by atoms with Crippen molar-refractivity contribution in [1.29, 1.82) is 0 Å². The van der Waals surface area contributed by atoms with Gasteiger partial charge in [0.25, 0.3) is 0 Å². The lowest BCUT2D eigenvalue weighted by Crippen LogP contribution is -2.44. The van der Waals surface area contributed by atoms with E-state index in [0.29, 0.717) is 6.54 Å². The van der Waals surface area contributed by atoms with E-state index in [1.54, 1.807) is 0 Å². The van der Waals surface area contributed by atoms with Crippen molar-refractivity contribution in [2.24, 2.45) is 12.8 Å². The van der Waals surface area contributed by atoms with Gasteiger partial charge in [0.05, 0.1) is 5.69 Å². The molecule has 2 heterocycles. The molecule has 0 bridgehead atoms. The van der Waals surface area contributed by atoms with Gasteiger partial charge in [0.1, 0.15) is 5.82 Å². The molecule has 3 N–H and O–H groups in total. The van der Waals surface area contributed by atoms with Crippen LogP contribution in [-0.4, -0.2) is 36.0 Å². The Balaban J connectivity index is 2.32. The summed E-state index contributed by atoms with van der Waals surface area (Å²) in [4.78, 5) is 2.36. The Morgan fingerprint density at radius 3 is 2.67 bits per heavy atom. The molecule has 0 atom stereocenters. The Morgan fingerprint density at radius 1 is 1.40 bits per heavy atom. The van der Waals surface area contributed by atoms with Gasteiger partial charge in [0, 0.05) is 45.3 Å². The topological polar surface area (TPSA) is 59.1 Å². The summed E-state index contributed by atoms with van der Waals surface area (Å²) in [6.07, 6.45) is 0. The van der Waals surface area contributed by atoms with Crippen molar-refractivity contribution in [3.8, 4) is 0 Å². The highest BCUT2D eigenvalue weighted by atomic mass is 15.4. The number of piperazine rings is 1. The Labute approximate surface area is 90.2 Å². The monoisotopic (exact) mass is 209 g/mol. The highest BCUT2D eigenvalue weighted by molar-refractivity contribution is 5.50. The van der Waals surface area contributed by atoms with Crippen LogP contribution in [0.5, 0.6) is 0 Å². The number of nitrogens with zero attached hydrogens (tertiary/aromatic N) is 3. The second-order valence-corrected chi connectivity index (χ2v) is 3.95. The standard InChI is InChI=1S/C10H19N5/c1-8-9(7-11)10(14(2)13-8)15-5-3-12-4-6-15/h12H,3-7,11H2,1-2H3. The minimum absolute atomic E-state index is 0.568. The van der Waals surface area contributed by atoms with E-state index in [0.717, 1.165) is 31.9 Å². The fourth-order valence-electron chi connectivity index (χ4n) is 2.20. The van der Waals surface area contributed by atoms with Crippen molar-refractivity contribution in [3.05, 3.63) is 11.3 Å². The predicted octanol–water partition coefficient (Wildman–Crippen LogP) is -0.403. The van der Waals surface area contributed by atoms with Gasteiger partial charge in [0.2, 0.25) is 0 Å². The third-order valence-corrected chi connectivity index (χ3v) is 2.93. The largest absolute Gasteiger partial charge is 0.354 e. The molecule has 15 heavy (non-hydrogen) atoms. The van der Waals surface area contributed by atoms with Crippen LogP contribution in [0.4, 0.5) is 5.82 Å². The molecule has 1 aromatic heterocycles. The van der Waals surface area contributed by atoms with Gasteiger partial charge in [-0.05, 0) is 6.92 Å². The van der Waals surface area contributed by atoms with Crippen molar-refractivity contribution in [2.45, 2.75) is 13.5 Å². The maximum atomic E-state index is 5.78. The summed E-state index contributed by atoms with van der Waals surface area (Å²) in [5, 5.41) is 7.78. The second kappa shape index (κ2) is 4.20. The molecule has 1 saturated heterocycles. The SMILES string of the molecule is Cc1nn(C)c(N2CCNCC2)c1CN. The van der Waals surface area contributed by atoms with Crippen LogP contribution in [0.15, 0.2) is 0 Å². The van der Waals surface area contributed by atoms with Crippen molar-refractivity contribution in [1.82, 2.24) is 15.1 Å². The van der Waals surface area contributed by atoms with E-state index in [1.165, 1.54) is 11.4 Å². The first-order valence-corrected chi connectivity index (χ1v) is 5.42. The molecule has 2 rings (SSSR count). The number of anilines is 1. The fourth-order valence-corrected chi connectivity index (χ4v) is 2.20. The Hall–Kier alpha value is -1.07. The van der Waals surface area contributed by atoms with Crippen molar-refractivity contribution in [3.63, 3.8) is 0 Å². The molecular weight excluding hydrogens is 190 g/mol. The molecule has 5 heteroatoms. The number of nitrogens with one attached hydrogen (secondary N) is 1. The maximum Gasteiger partial charge on any atom is 0.131 e. The number of hydrogen-bond donors (Lipinski definition) is 2. The summed E-state index contributed by atoms with van der Waals surface area (Å²) in [5.74, 6) is 1.19. The second-order valence-electron chi connectivity index (χ2n) is 3.95. The third kappa shape index (κ3) is 1.85. The third-order valence-electron chi connectivity index (χ3n) is 2.93. The van der Waals surface area contributed by atoms with E-state index < -0.39 is 0 Å². The lowest BCUT2D eigenvalue weighted by atomic mass is 10.2. The van der Waals surface area contributed by atoms with E-state index in [9.17, 15) is 0 Å².